The Morgan fingerprint density at radius 2 is 2.00 bits per heavy atom. The topological polar surface area (TPSA) is 58.6 Å². The van der Waals surface area contributed by atoms with Gasteiger partial charge in [-0.15, -0.1) is 0 Å². The Morgan fingerprint density at radius 3 is 2.64 bits per heavy atom. The first-order valence-corrected chi connectivity index (χ1v) is 8.49. The van der Waals surface area contributed by atoms with E-state index >= 15 is 0 Å². The molecule has 6 heteroatoms. The maximum atomic E-state index is 12.1. The molecular weight excluding hydrogens is 316 g/mol. The molecule has 6 nitrogen and oxygen atoms in total. The molecule has 132 valence electrons. The summed E-state index contributed by atoms with van der Waals surface area (Å²) in [5.74, 6) is 1.71. The van der Waals surface area contributed by atoms with Gasteiger partial charge in [-0.05, 0) is 30.7 Å². The first-order valence-electron chi connectivity index (χ1n) is 8.49. The van der Waals surface area contributed by atoms with Crippen molar-refractivity contribution in [2.45, 2.75) is 26.4 Å². The van der Waals surface area contributed by atoms with Crippen LogP contribution in [0.1, 0.15) is 30.0 Å². The number of nitrogens with zero attached hydrogens (tertiary/aromatic N) is 4. The number of aryl methyl sites for hydroxylation is 1. The molecule has 0 N–H and O–H groups in total. The number of carbonyl (C=O) groups excluding carboxylic acids is 1. The highest BCUT2D eigenvalue weighted by molar-refractivity contribution is 5.74. The zero-order valence-corrected chi connectivity index (χ0v) is 15.0. The number of carbonyl (C=O) groups is 1. The number of methoxy groups -OCH3 is 1. The number of piperazine rings is 1. The van der Waals surface area contributed by atoms with E-state index in [1.54, 1.807) is 20.2 Å². The lowest BCUT2D eigenvalue weighted by atomic mass is 10.0. The smallest absolute Gasteiger partial charge is 0.220 e. The summed E-state index contributed by atoms with van der Waals surface area (Å²) in [6.07, 6.45) is 1.80. The van der Waals surface area contributed by atoms with Gasteiger partial charge in [0.1, 0.15) is 11.6 Å². The number of ether oxygens (including phenoxy) is 1. The van der Waals surface area contributed by atoms with Crippen LogP contribution in [0.25, 0.3) is 0 Å². The Bertz CT molecular complexity index is 732. The standard InChI is InChI=1S/C19H24N4O2/c1-14-20-9-8-17(21-14)12-22-10-11-23(15(2)24)19(13-22)16-4-6-18(25-3)7-5-16/h4-9,19H,10-13H2,1-3H3. The Morgan fingerprint density at radius 1 is 1.24 bits per heavy atom. The lowest BCUT2D eigenvalue weighted by Crippen LogP contribution is -2.49. The molecule has 1 amide bonds. The van der Waals surface area contributed by atoms with Crippen LogP contribution in [-0.4, -0.2) is 52.4 Å². The van der Waals surface area contributed by atoms with Crippen molar-refractivity contribution in [3.05, 3.63) is 53.6 Å². The van der Waals surface area contributed by atoms with E-state index in [0.29, 0.717) is 0 Å². The van der Waals surface area contributed by atoms with Gasteiger partial charge in [-0.3, -0.25) is 9.69 Å². The van der Waals surface area contributed by atoms with Gasteiger partial charge in [-0.25, -0.2) is 9.97 Å². The van der Waals surface area contributed by atoms with Gasteiger partial charge >= 0.3 is 0 Å². The molecule has 1 unspecified atom stereocenters. The third-order valence-corrected chi connectivity index (χ3v) is 4.59. The second-order valence-electron chi connectivity index (χ2n) is 6.33. The average molecular weight is 340 g/mol. The fourth-order valence-corrected chi connectivity index (χ4v) is 3.29. The lowest BCUT2D eigenvalue weighted by Gasteiger charge is -2.41. The van der Waals surface area contributed by atoms with Crippen LogP contribution in [0.3, 0.4) is 0 Å². The summed E-state index contributed by atoms with van der Waals surface area (Å²) < 4.78 is 5.24. The van der Waals surface area contributed by atoms with E-state index in [1.165, 1.54) is 0 Å². The summed E-state index contributed by atoms with van der Waals surface area (Å²) in [6, 6.07) is 9.96. The summed E-state index contributed by atoms with van der Waals surface area (Å²) in [5, 5.41) is 0. The molecule has 1 aromatic heterocycles. The Balaban J connectivity index is 1.78. The molecule has 3 rings (SSSR count). The third kappa shape index (κ3) is 4.14. The highest BCUT2D eigenvalue weighted by Gasteiger charge is 2.30. The van der Waals surface area contributed by atoms with Crippen molar-refractivity contribution in [3.8, 4) is 5.75 Å². The highest BCUT2D eigenvalue weighted by atomic mass is 16.5. The number of benzene rings is 1. The Labute approximate surface area is 148 Å². The minimum atomic E-state index is 0.0418. The van der Waals surface area contributed by atoms with E-state index in [4.69, 9.17) is 4.74 Å². The predicted molar refractivity (Wildman–Crippen MR) is 95.2 cm³/mol. The zero-order chi connectivity index (χ0) is 17.8. The number of aromatic nitrogens is 2. The molecule has 0 radical (unpaired) electrons. The number of hydrogen-bond donors (Lipinski definition) is 0. The summed E-state index contributed by atoms with van der Waals surface area (Å²) >= 11 is 0. The van der Waals surface area contributed by atoms with Crippen molar-refractivity contribution in [2.75, 3.05) is 26.7 Å². The van der Waals surface area contributed by atoms with E-state index in [-0.39, 0.29) is 11.9 Å². The molecule has 1 fully saturated rings. The second kappa shape index (κ2) is 7.61. The molecule has 2 heterocycles. The monoisotopic (exact) mass is 340 g/mol. The Hall–Kier alpha value is -2.47. The molecule has 1 aliphatic rings. The van der Waals surface area contributed by atoms with Crippen molar-refractivity contribution >= 4 is 5.91 Å². The van der Waals surface area contributed by atoms with Crippen LogP contribution in [0, 0.1) is 6.92 Å². The minimum Gasteiger partial charge on any atom is -0.497 e. The van der Waals surface area contributed by atoms with Crippen LogP contribution >= 0.6 is 0 Å². The highest BCUT2D eigenvalue weighted by Crippen LogP contribution is 2.27. The van der Waals surface area contributed by atoms with Gasteiger partial charge in [0.25, 0.3) is 0 Å². The van der Waals surface area contributed by atoms with Gasteiger partial charge in [-0.1, -0.05) is 12.1 Å². The molecule has 0 aliphatic carbocycles. The van der Waals surface area contributed by atoms with Crippen LogP contribution in [0.5, 0.6) is 5.75 Å². The van der Waals surface area contributed by atoms with Gasteiger partial charge in [-0.2, -0.15) is 0 Å². The molecule has 0 spiro atoms. The van der Waals surface area contributed by atoms with Crippen LogP contribution in [-0.2, 0) is 11.3 Å². The predicted octanol–water partition coefficient (Wildman–Crippen LogP) is 2.20. The van der Waals surface area contributed by atoms with E-state index in [9.17, 15) is 4.79 Å². The molecule has 0 saturated carbocycles. The molecule has 2 aromatic rings. The SMILES string of the molecule is COc1ccc(C2CN(Cc3ccnc(C)n3)CCN2C(C)=O)cc1. The first kappa shape index (κ1) is 17.4. The average Bonchev–Trinajstić information content (AvgIpc) is 2.61. The van der Waals surface area contributed by atoms with Crippen LogP contribution in [0.2, 0.25) is 0 Å². The lowest BCUT2D eigenvalue weighted by molar-refractivity contribution is -0.134. The maximum absolute atomic E-state index is 12.1. The van der Waals surface area contributed by atoms with Crippen molar-refractivity contribution in [3.63, 3.8) is 0 Å². The largest absolute Gasteiger partial charge is 0.497 e. The third-order valence-electron chi connectivity index (χ3n) is 4.59. The van der Waals surface area contributed by atoms with Crippen molar-refractivity contribution in [1.29, 1.82) is 0 Å². The normalized spacial score (nSPS) is 18.2. The number of amides is 1. The van der Waals surface area contributed by atoms with E-state index < -0.39 is 0 Å². The second-order valence-corrected chi connectivity index (χ2v) is 6.33. The molecule has 1 aliphatic heterocycles. The Kier molecular flexibility index (Phi) is 5.28. The van der Waals surface area contributed by atoms with Gasteiger partial charge in [0.05, 0.1) is 18.8 Å². The van der Waals surface area contributed by atoms with Gasteiger partial charge in [0.2, 0.25) is 5.91 Å². The minimum absolute atomic E-state index is 0.0418. The molecule has 1 saturated heterocycles. The van der Waals surface area contributed by atoms with Crippen LogP contribution < -0.4 is 4.74 Å². The molecule has 1 atom stereocenters. The molecule has 1 aromatic carbocycles. The van der Waals surface area contributed by atoms with Crippen molar-refractivity contribution in [2.24, 2.45) is 0 Å². The van der Waals surface area contributed by atoms with Crippen LogP contribution in [0.4, 0.5) is 0 Å². The molecule has 0 bridgehead atoms. The van der Waals surface area contributed by atoms with E-state index in [0.717, 1.165) is 49.0 Å². The van der Waals surface area contributed by atoms with E-state index in [1.807, 2.05) is 42.2 Å². The fourth-order valence-electron chi connectivity index (χ4n) is 3.29. The van der Waals surface area contributed by atoms with Gasteiger partial charge < -0.3 is 9.64 Å². The fraction of sp³-hybridized carbons (Fsp3) is 0.421. The van der Waals surface area contributed by atoms with Gasteiger partial charge in [0, 0.05) is 39.3 Å². The van der Waals surface area contributed by atoms with Gasteiger partial charge in [0.15, 0.2) is 0 Å². The summed E-state index contributed by atoms with van der Waals surface area (Å²) in [5.41, 5.74) is 2.14. The van der Waals surface area contributed by atoms with Crippen molar-refractivity contribution < 1.29 is 9.53 Å². The first-order chi connectivity index (χ1) is 12.1. The number of hydrogen-bond acceptors (Lipinski definition) is 5. The molecule has 25 heavy (non-hydrogen) atoms. The summed E-state index contributed by atoms with van der Waals surface area (Å²) in [6.45, 7) is 6.65. The quantitative estimate of drug-likeness (QED) is 0.854. The van der Waals surface area contributed by atoms with Crippen molar-refractivity contribution in [1.82, 2.24) is 19.8 Å². The van der Waals surface area contributed by atoms with E-state index in [2.05, 4.69) is 14.9 Å². The number of rotatable bonds is 4. The summed E-state index contributed by atoms with van der Waals surface area (Å²) in [4.78, 5) is 25.0. The van der Waals surface area contributed by atoms with Crippen LogP contribution in [0.15, 0.2) is 36.5 Å². The summed E-state index contributed by atoms with van der Waals surface area (Å²) in [7, 11) is 1.66. The molecular formula is C19H24N4O2. The zero-order valence-electron chi connectivity index (χ0n) is 15.0. The maximum Gasteiger partial charge on any atom is 0.220 e.